The summed E-state index contributed by atoms with van der Waals surface area (Å²) in [5.41, 5.74) is 4.07. The van der Waals surface area contributed by atoms with Crippen molar-refractivity contribution in [3.8, 4) is 0 Å². The zero-order valence-corrected chi connectivity index (χ0v) is 12.8. The van der Waals surface area contributed by atoms with Crippen LogP contribution in [0, 0.1) is 17.1 Å². The van der Waals surface area contributed by atoms with Crippen LogP contribution >= 0.6 is 12.2 Å². The molecule has 1 aromatic heterocycles. The molecule has 0 saturated heterocycles. The Kier molecular flexibility index (Phi) is 3.05. The molecule has 0 bridgehead atoms. The maximum absolute atomic E-state index is 5.60. The number of hydrogen-bond donors (Lipinski definition) is 1. The Morgan fingerprint density at radius 2 is 2.11 bits per heavy atom. The topological polar surface area (TPSA) is 20.7 Å². The van der Waals surface area contributed by atoms with Crippen molar-refractivity contribution in [2.75, 3.05) is 0 Å². The number of aromatic nitrogens is 2. The minimum atomic E-state index is 0.329. The Labute approximate surface area is 119 Å². The molecule has 2 nitrogen and oxygen atoms in total. The number of aromatic amines is 1. The minimum Gasteiger partial charge on any atom is -0.330 e. The summed E-state index contributed by atoms with van der Waals surface area (Å²) in [5, 5.41) is 0. The summed E-state index contributed by atoms with van der Waals surface area (Å²) in [7, 11) is 0. The van der Waals surface area contributed by atoms with E-state index in [1.165, 1.54) is 42.3 Å². The first-order valence-electron chi connectivity index (χ1n) is 7.20. The van der Waals surface area contributed by atoms with Crippen LogP contribution in [0.2, 0.25) is 0 Å². The summed E-state index contributed by atoms with van der Waals surface area (Å²) in [6.45, 7) is 6.91. The van der Waals surface area contributed by atoms with Gasteiger partial charge in [0, 0.05) is 6.04 Å². The summed E-state index contributed by atoms with van der Waals surface area (Å²) in [6, 6.07) is 6.99. The predicted octanol–water partition coefficient (Wildman–Crippen LogP) is 5.15. The molecule has 1 unspecified atom stereocenters. The van der Waals surface area contributed by atoms with Crippen molar-refractivity contribution in [3.05, 3.63) is 28.5 Å². The zero-order chi connectivity index (χ0) is 13.6. The number of hydrogen-bond acceptors (Lipinski definition) is 1. The van der Waals surface area contributed by atoms with E-state index in [4.69, 9.17) is 12.2 Å². The number of para-hydroxylation sites is 1. The van der Waals surface area contributed by atoms with Crippen molar-refractivity contribution in [1.82, 2.24) is 9.55 Å². The summed E-state index contributed by atoms with van der Waals surface area (Å²) >= 11 is 5.60. The van der Waals surface area contributed by atoms with Crippen LogP contribution in [0.15, 0.2) is 18.2 Å². The Bertz CT molecular complexity index is 663. The lowest BCUT2D eigenvalue weighted by Crippen LogP contribution is -2.30. The molecule has 0 radical (unpaired) electrons. The van der Waals surface area contributed by atoms with Gasteiger partial charge in [0.15, 0.2) is 4.77 Å². The molecule has 3 heteroatoms. The molecule has 1 atom stereocenters. The molecule has 2 aromatic rings. The van der Waals surface area contributed by atoms with Crippen molar-refractivity contribution in [2.45, 2.75) is 52.5 Å². The number of benzene rings is 1. The fourth-order valence-corrected chi connectivity index (χ4v) is 3.88. The molecule has 0 spiro atoms. The van der Waals surface area contributed by atoms with E-state index in [-0.39, 0.29) is 0 Å². The fraction of sp³-hybridized carbons (Fsp3) is 0.562. The zero-order valence-electron chi connectivity index (χ0n) is 12.0. The van der Waals surface area contributed by atoms with Crippen LogP contribution in [-0.2, 0) is 0 Å². The molecule has 1 N–H and O–H groups in total. The number of nitrogens with one attached hydrogen (secondary N) is 1. The smallest absolute Gasteiger partial charge is 0.178 e. The quantitative estimate of drug-likeness (QED) is 0.713. The Hall–Kier alpha value is -1.09. The van der Waals surface area contributed by atoms with E-state index in [0.717, 1.165) is 4.77 Å². The first-order valence-corrected chi connectivity index (χ1v) is 7.61. The van der Waals surface area contributed by atoms with Gasteiger partial charge in [0.05, 0.1) is 11.0 Å². The van der Waals surface area contributed by atoms with Crippen LogP contribution in [0.3, 0.4) is 0 Å². The lowest BCUT2D eigenvalue weighted by Gasteiger charge is -2.39. The first kappa shape index (κ1) is 12.9. The van der Waals surface area contributed by atoms with Gasteiger partial charge in [-0.15, -0.1) is 0 Å². The van der Waals surface area contributed by atoms with Crippen LogP contribution in [0.1, 0.15) is 51.1 Å². The average molecular weight is 274 g/mol. The summed E-state index contributed by atoms with van der Waals surface area (Å²) in [4.78, 5) is 3.41. The molecule has 19 heavy (non-hydrogen) atoms. The maximum atomic E-state index is 5.60. The van der Waals surface area contributed by atoms with Crippen molar-refractivity contribution in [2.24, 2.45) is 5.41 Å². The molecule has 3 rings (SSSR count). The monoisotopic (exact) mass is 274 g/mol. The standard InChI is InChI=1S/C16H22N2S/c1-11-7-6-8-12-14(11)17-15(19)18(12)13-9-4-5-10-16(13,2)3/h6-8,13H,4-5,9-10H2,1-3H3,(H,17,19). The normalized spacial score (nSPS) is 22.8. The molecular weight excluding hydrogens is 252 g/mol. The molecule has 102 valence electrons. The van der Waals surface area contributed by atoms with Gasteiger partial charge >= 0.3 is 0 Å². The van der Waals surface area contributed by atoms with E-state index in [2.05, 4.69) is 48.5 Å². The van der Waals surface area contributed by atoms with Gasteiger partial charge in [0.2, 0.25) is 0 Å². The van der Waals surface area contributed by atoms with E-state index in [1.807, 2.05) is 0 Å². The van der Waals surface area contributed by atoms with E-state index >= 15 is 0 Å². The van der Waals surface area contributed by atoms with Crippen LogP contribution in [0.25, 0.3) is 11.0 Å². The van der Waals surface area contributed by atoms with Crippen LogP contribution in [0.5, 0.6) is 0 Å². The number of imidazole rings is 1. The molecule has 1 aliphatic rings. The Morgan fingerprint density at radius 3 is 2.84 bits per heavy atom. The van der Waals surface area contributed by atoms with E-state index in [0.29, 0.717) is 11.5 Å². The first-order chi connectivity index (χ1) is 9.00. The van der Waals surface area contributed by atoms with Crippen LogP contribution in [0.4, 0.5) is 0 Å². The van der Waals surface area contributed by atoms with Crippen LogP contribution < -0.4 is 0 Å². The largest absolute Gasteiger partial charge is 0.330 e. The fourth-order valence-electron chi connectivity index (χ4n) is 3.56. The minimum absolute atomic E-state index is 0.329. The molecular formula is C16H22N2S. The summed E-state index contributed by atoms with van der Waals surface area (Å²) in [6.07, 6.45) is 5.19. The highest BCUT2D eigenvalue weighted by atomic mass is 32.1. The third kappa shape index (κ3) is 2.04. The lowest BCUT2D eigenvalue weighted by molar-refractivity contribution is 0.146. The molecule has 0 amide bonds. The number of H-pyrrole nitrogens is 1. The average Bonchev–Trinajstić information content (AvgIpc) is 2.67. The number of nitrogens with zero attached hydrogens (tertiary/aromatic N) is 1. The van der Waals surface area contributed by atoms with E-state index in [9.17, 15) is 0 Å². The van der Waals surface area contributed by atoms with Gasteiger partial charge in [-0.2, -0.15) is 0 Å². The van der Waals surface area contributed by atoms with Crippen molar-refractivity contribution >= 4 is 23.3 Å². The SMILES string of the molecule is Cc1cccc2c1[nH]c(=S)n2C1CCCCC1(C)C. The second-order valence-electron chi connectivity index (χ2n) is 6.52. The molecule has 1 heterocycles. The molecule has 1 aromatic carbocycles. The number of rotatable bonds is 1. The third-order valence-electron chi connectivity index (χ3n) is 4.72. The predicted molar refractivity (Wildman–Crippen MR) is 83.1 cm³/mol. The lowest BCUT2D eigenvalue weighted by atomic mass is 9.73. The highest BCUT2D eigenvalue weighted by Crippen LogP contribution is 2.45. The highest BCUT2D eigenvalue weighted by Gasteiger charge is 2.34. The van der Waals surface area contributed by atoms with Gasteiger partial charge in [-0.1, -0.05) is 38.8 Å². The Balaban J connectivity index is 2.22. The van der Waals surface area contributed by atoms with Crippen LogP contribution in [-0.4, -0.2) is 9.55 Å². The van der Waals surface area contributed by atoms with Crippen molar-refractivity contribution in [1.29, 1.82) is 0 Å². The van der Waals surface area contributed by atoms with E-state index in [1.54, 1.807) is 0 Å². The van der Waals surface area contributed by atoms with Gasteiger partial charge < -0.3 is 9.55 Å². The maximum Gasteiger partial charge on any atom is 0.178 e. The number of fused-ring (bicyclic) bond motifs is 1. The van der Waals surface area contributed by atoms with Crippen molar-refractivity contribution in [3.63, 3.8) is 0 Å². The van der Waals surface area contributed by atoms with Gasteiger partial charge in [-0.05, 0) is 49.0 Å². The Morgan fingerprint density at radius 1 is 1.32 bits per heavy atom. The van der Waals surface area contributed by atoms with E-state index < -0.39 is 0 Å². The third-order valence-corrected chi connectivity index (χ3v) is 5.02. The van der Waals surface area contributed by atoms with Gasteiger partial charge in [-0.3, -0.25) is 0 Å². The molecule has 1 saturated carbocycles. The second kappa shape index (κ2) is 4.48. The van der Waals surface area contributed by atoms with Crippen molar-refractivity contribution < 1.29 is 0 Å². The number of aryl methyl sites for hydroxylation is 1. The van der Waals surface area contributed by atoms with Gasteiger partial charge in [0.25, 0.3) is 0 Å². The molecule has 1 aliphatic carbocycles. The van der Waals surface area contributed by atoms with Gasteiger partial charge in [0.1, 0.15) is 0 Å². The highest BCUT2D eigenvalue weighted by molar-refractivity contribution is 7.71. The molecule has 1 fully saturated rings. The summed E-state index contributed by atoms with van der Waals surface area (Å²) in [5.74, 6) is 0. The second-order valence-corrected chi connectivity index (χ2v) is 6.91. The molecule has 0 aliphatic heterocycles. The summed E-state index contributed by atoms with van der Waals surface area (Å²) < 4.78 is 3.25. The van der Waals surface area contributed by atoms with Gasteiger partial charge in [-0.25, -0.2) is 0 Å².